The van der Waals surface area contributed by atoms with Gasteiger partial charge in [0.1, 0.15) is 5.75 Å². The minimum Gasteiger partial charge on any atom is -0.496 e. The van der Waals surface area contributed by atoms with Crippen molar-refractivity contribution in [3.63, 3.8) is 0 Å². The second-order valence-corrected chi connectivity index (χ2v) is 6.26. The van der Waals surface area contributed by atoms with Gasteiger partial charge in [-0.1, -0.05) is 15.9 Å². The van der Waals surface area contributed by atoms with Gasteiger partial charge in [0.15, 0.2) is 0 Å². The van der Waals surface area contributed by atoms with E-state index in [0.717, 1.165) is 30.3 Å². The fraction of sp³-hybridized carbons (Fsp3) is 0.533. The van der Waals surface area contributed by atoms with Crippen LogP contribution >= 0.6 is 27.5 Å². The van der Waals surface area contributed by atoms with Gasteiger partial charge < -0.3 is 9.64 Å². The molecule has 0 saturated carbocycles. The summed E-state index contributed by atoms with van der Waals surface area (Å²) in [5.74, 6) is 1.25. The van der Waals surface area contributed by atoms with Gasteiger partial charge in [0, 0.05) is 22.9 Å². The van der Waals surface area contributed by atoms with Crippen LogP contribution in [0.2, 0.25) is 0 Å². The summed E-state index contributed by atoms with van der Waals surface area (Å²) in [6, 6.07) is 5.77. The van der Waals surface area contributed by atoms with E-state index in [-0.39, 0.29) is 11.9 Å². The number of nitrogens with zero attached hydrogens (tertiary/aromatic N) is 1. The number of halogens is 2. The summed E-state index contributed by atoms with van der Waals surface area (Å²) < 4.78 is 6.23. The van der Waals surface area contributed by atoms with Crippen LogP contribution < -0.4 is 4.74 Å². The van der Waals surface area contributed by atoms with Gasteiger partial charge in [0.2, 0.25) is 0 Å². The van der Waals surface area contributed by atoms with E-state index in [2.05, 4.69) is 15.9 Å². The van der Waals surface area contributed by atoms with Crippen LogP contribution in [0.15, 0.2) is 22.7 Å². The second kappa shape index (κ2) is 7.32. The molecule has 3 nitrogen and oxygen atoms in total. The molecule has 0 aromatic heterocycles. The molecule has 1 saturated heterocycles. The van der Waals surface area contributed by atoms with E-state index < -0.39 is 0 Å². The second-order valence-electron chi connectivity index (χ2n) is 4.97. The zero-order valence-corrected chi connectivity index (χ0v) is 13.9. The molecule has 0 radical (unpaired) electrons. The lowest BCUT2D eigenvalue weighted by Gasteiger charge is -2.36. The molecule has 1 amide bonds. The van der Waals surface area contributed by atoms with E-state index in [1.807, 2.05) is 23.1 Å². The van der Waals surface area contributed by atoms with E-state index in [1.165, 1.54) is 6.42 Å². The lowest BCUT2D eigenvalue weighted by atomic mass is 9.98. The molecule has 1 aromatic rings. The summed E-state index contributed by atoms with van der Waals surface area (Å²) in [6.07, 6.45) is 4.12. The first-order chi connectivity index (χ1) is 9.67. The Kier molecular flexibility index (Phi) is 5.73. The average molecular weight is 361 g/mol. The summed E-state index contributed by atoms with van der Waals surface area (Å²) in [4.78, 5) is 14.7. The first-order valence-electron chi connectivity index (χ1n) is 6.88. The molecule has 1 aromatic carbocycles. The standard InChI is InChI=1S/C15H19BrClNO2/c1-20-14-10-11(16)5-6-13(14)15(19)18-9-3-2-4-12(18)7-8-17/h5-6,10,12H,2-4,7-9H2,1H3. The predicted octanol–water partition coefficient (Wildman–Crippen LogP) is 4.08. The number of carbonyl (C=O) groups excluding carboxylic acids is 1. The van der Waals surface area contributed by atoms with E-state index in [4.69, 9.17) is 16.3 Å². The van der Waals surface area contributed by atoms with Crippen LogP contribution in [-0.4, -0.2) is 36.4 Å². The zero-order chi connectivity index (χ0) is 14.5. The highest BCUT2D eigenvalue weighted by atomic mass is 79.9. The first-order valence-corrected chi connectivity index (χ1v) is 8.20. The van der Waals surface area contributed by atoms with Gasteiger partial charge >= 0.3 is 0 Å². The van der Waals surface area contributed by atoms with Crippen molar-refractivity contribution in [2.45, 2.75) is 31.7 Å². The van der Waals surface area contributed by atoms with E-state index in [0.29, 0.717) is 17.2 Å². The Balaban J connectivity index is 2.24. The summed E-state index contributed by atoms with van der Waals surface area (Å²) in [6.45, 7) is 0.805. The van der Waals surface area contributed by atoms with E-state index >= 15 is 0 Å². The highest BCUT2D eigenvalue weighted by molar-refractivity contribution is 9.10. The third kappa shape index (κ3) is 3.47. The van der Waals surface area contributed by atoms with Crippen molar-refractivity contribution in [2.24, 2.45) is 0 Å². The smallest absolute Gasteiger partial charge is 0.257 e. The van der Waals surface area contributed by atoms with E-state index in [9.17, 15) is 4.79 Å². The molecule has 1 unspecified atom stereocenters. The lowest BCUT2D eigenvalue weighted by molar-refractivity contribution is 0.0606. The highest BCUT2D eigenvalue weighted by Crippen LogP contribution is 2.28. The third-order valence-corrected chi connectivity index (χ3v) is 4.44. The molecule has 1 aliphatic rings. The minimum absolute atomic E-state index is 0.0455. The average Bonchev–Trinajstić information content (AvgIpc) is 2.47. The summed E-state index contributed by atoms with van der Waals surface area (Å²) in [5.41, 5.74) is 0.622. The maximum Gasteiger partial charge on any atom is 0.257 e. The number of piperidine rings is 1. The first kappa shape index (κ1) is 15.6. The Morgan fingerprint density at radius 1 is 1.50 bits per heavy atom. The topological polar surface area (TPSA) is 29.5 Å². The molecule has 5 heteroatoms. The predicted molar refractivity (Wildman–Crippen MR) is 84.7 cm³/mol. The van der Waals surface area contributed by atoms with Gasteiger partial charge in [-0.15, -0.1) is 11.6 Å². The van der Waals surface area contributed by atoms with Crippen molar-refractivity contribution < 1.29 is 9.53 Å². The van der Waals surface area contributed by atoms with Gasteiger partial charge in [-0.25, -0.2) is 0 Å². The molecule has 110 valence electrons. The Morgan fingerprint density at radius 3 is 3.00 bits per heavy atom. The number of carbonyl (C=O) groups is 1. The molecule has 0 bridgehead atoms. The van der Waals surface area contributed by atoms with Crippen LogP contribution in [0.5, 0.6) is 5.75 Å². The molecule has 20 heavy (non-hydrogen) atoms. The minimum atomic E-state index is 0.0455. The van der Waals surface area contributed by atoms with Gasteiger partial charge in [0.25, 0.3) is 5.91 Å². The molecule has 1 aliphatic heterocycles. The van der Waals surface area contributed by atoms with Crippen LogP contribution in [0.4, 0.5) is 0 Å². The molecular formula is C15H19BrClNO2. The van der Waals surface area contributed by atoms with Crippen molar-refractivity contribution in [3.8, 4) is 5.75 Å². The van der Waals surface area contributed by atoms with Crippen LogP contribution in [0.3, 0.4) is 0 Å². The molecule has 0 aliphatic carbocycles. The highest BCUT2D eigenvalue weighted by Gasteiger charge is 2.28. The number of rotatable bonds is 4. The Labute approximate surface area is 133 Å². The van der Waals surface area contributed by atoms with Gasteiger partial charge in [0.05, 0.1) is 12.7 Å². The zero-order valence-electron chi connectivity index (χ0n) is 11.6. The number of hydrogen-bond donors (Lipinski definition) is 0. The SMILES string of the molecule is COc1cc(Br)ccc1C(=O)N1CCCCC1CCCl. The summed E-state index contributed by atoms with van der Waals surface area (Å²) in [5, 5.41) is 0. The van der Waals surface area contributed by atoms with Gasteiger partial charge in [-0.3, -0.25) is 4.79 Å². The summed E-state index contributed by atoms with van der Waals surface area (Å²) >= 11 is 9.26. The van der Waals surface area contributed by atoms with Crippen molar-refractivity contribution in [2.75, 3.05) is 19.5 Å². The number of amides is 1. The number of benzene rings is 1. The number of ether oxygens (including phenoxy) is 1. The Bertz CT molecular complexity index is 479. The van der Waals surface area contributed by atoms with Crippen LogP contribution in [0, 0.1) is 0 Å². The maximum atomic E-state index is 12.8. The lowest BCUT2D eigenvalue weighted by Crippen LogP contribution is -2.44. The van der Waals surface area contributed by atoms with E-state index in [1.54, 1.807) is 7.11 Å². The van der Waals surface area contributed by atoms with Crippen LogP contribution in [0.25, 0.3) is 0 Å². The van der Waals surface area contributed by atoms with Crippen LogP contribution in [-0.2, 0) is 0 Å². The fourth-order valence-corrected chi connectivity index (χ4v) is 3.28. The molecule has 0 spiro atoms. The van der Waals surface area contributed by atoms with Crippen molar-refractivity contribution in [1.29, 1.82) is 0 Å². The molecule has 0 N–H and O–H groups in total. The largest absolute Gasteiger partial charge is 0.496 e. The molecular weight excluding hydrogens is 342 g/mol. The number of likely N-dealkylation sites (tertiary alicyclic amines) is 1. The molecule has 1 heterocycles. The third-order valence-electron chi connectivity index (χ3n) is 3.72. The molecule has 1 atom stereocenters. The fourth-order valence-electron chi connectivity index (χ4n) is 2.69. The van der Waals surface area contributed by atoms with Gasteiger partial charge in [-0.05, 0) is 43.9 Å². The van der Waals surface area contributed by atoms with Crippen molar-refractivity contribution in [3.05, 3.63) is 28.2 Å². The number of hydrogen-bond acceptors (Lipinski definition) is 2. The molecule has 2 rings (SSSR count). The van der Waals surface area contributed by atoms with Crippen LogP contribution in [0.1, 0.15) is 36.0 Å². The Hall–Kier alpha value is -0.740. The number of alkyl halides is 1. The van der Waals surface area contributed by atoms with Crippen molar-refractivity contribution >= 4 is 33.4 Å². The molecule has 1 fully saturated rings. The maximum absolute atomic E-state index is 12.8. The Morgan fingerprint density at radius 2 is 2.30 bits per heavy atom. The quantitative estimate of drug-likeness (QED) is 0.757. The monoisotopic (exact) mass is 359 g/mol. The van der Waals surface area contributed by atoms with Gasteiger partial charge in [-0.2, -0.15) is 0 Å². The summed E-state index contributed by atoms with van der Waals surface area (Å²) in [7, 11) is 1.59. The van der Waals surface area contributed by atoms with Crippen molar-refractivity contribution in [1.82, 2.24) is 4.90 Å². The number of methoxy groups -OCH3 is 1. The normalized spacial score (nSPS) is 18.9.